The van der Waals surface area contributed by atoms with Crippen molar-refractivity contribution in [1.29, 1.82) is 0 Å². The fourth-order valence-electron chi connectivity index (χ4n) is 4.38. The van der Waals surface area contributed by atoms with E-state index in [2.05, 4.69) is 29.2 Å². The zero-order chi connectivity index (χ0) is 17.3. The minimum absolute atomic E-state index is 0.0266. The molecular formula is C18H31N5O. The highest BCUT2D eigenvalue weighted by atomic mass is 16.2. The van der Waals surface area contributed by atoms with Gasteiger partial charge in [0.15, 0.2) is 0 Å². The number of aromatic nitrogens is 2. The first-order valence-electron chi connectivity index (χ1n) is 9.21. The van der Waals surface area contributed by atoms with Crippen LogP contribution in [0, 0.1) is 5.92 Å². The summed E-state index contributed by atoms with van der Waals surface area (Å²) in [6.07, 6.45) is 6.10. The van der Waals surface area contributed by atoms with Crippen LogP contribution in [0.4, 0.5) is 0 Å². The zero-order valence-corrected chi connectivity index (χ0v) is 15.4. The average molecular weight is 333 g/mol. The van der Waals surface area contributed by atoms with E-state index in [1.165, 1.54) is 5.56 Å². The lowest BCUT2D eigenvalue weighted by atomic mass is 9.88. The summed E-state index contributed by atoms with van der Waals surface area (Å²) in [6, 6.07) is 0.922. The number of carbonyl (C=O) groups excluding carboxylic acids is 1. The predicted octanol–water partition coefficient (Wildman–Crippen LogP) is 1.05. The second kappa shape index (κ2) is 7.23. The van der Waals surface area contributed by atoms with E-state index in [1.807, 2.05) is 36.1 Å². The lowest BCUT2D eigenvalue weighted by Gasteiger charge is -2.41. The average Bonchev–Trinajstić information content (AvgIpc) is 3.21. The molecule has 134 valence electrons. The second-order valence-electron chi connectivity index (χ2n) is 7.42. The largest absolute Gasteiger partial charge is 0.342 e. The maximum Gasteiger partial charge on any atom is 0.227 e. The maximum absolute atomic E-state index is 13.1. The number of nitrogens with one attached hydrogen (secondary N) is 1. The van der Waals surface area contributed by atoms with Crippen LogP contribution >= 0.6 is 0 Å². The third-order valence-electron chi connectivity index (χ3n) is 5.97. The first-order chi connectivity index (χ1) is 11.5. The molecule has 6 nitrogen and oxygen atoms in total. The molecule has 6 heteroatoms. The lowest BCUT2D eigenvalue weighted by molar-refractivity contribution is -0.137. The van der Waals surface area contributed by atoms with Crippen LogP contribution in [0.5, 0.6) is 0 Å². The number of piperidine rings is 1. The highest BCUT2D eigenvalue weighted by Gasteiger charge is 2.38. The van der Waals surface area contributed by atoms with Gasteiger partial charge in [-0.15, -0.1) is 0 Å². The number of carbonyl (C=O) groups is 1. The molecule has 24 heavy (non-hydrogen) atoms. The van der Waals surface area contributed by atoms with E-state index in [0.29, 0.717) is 12.1 Å². The third kappa shape index (κ3) is 3.35. The first-order valence-corrected chi connectivity index (χ1v) is 9.21. The monoisotopic (exact) mass is 333 g/mol. The summed E-state index contributed by atoms with van der Waals surface area (Å²) >= 11 is 0. The summed E-state index contributed by atoms with van der Waals surface area (Å²) < 4.78 is 1.82. The van der Waals surface area contributed by atoms with Gasteiger partial charge < -0.3 is 15.1 Å². The molecule has 0 aliphatic carbocycles. The molecule has 3 heterocycles. The van der Waals surface area contributed by atoms with Gasteiger partial charge in [0.25, 0.3) is 0 Å². The molecule has 0 aromatic carbocycles. The maximum atomic E-state index is 13.1. The zero-order valence-electron chi connectivity index (χ0n) is 15.4. The van der Waals surface area contributed by atoms with E-state index in [-0.39, 0.29) is 17.7 Å². The number of aryl methyl sites for hydroxylation is 1. The van der Waals surface area contributed by atoms with E-state index >= 15 is 0 Å². The molecule has 0 spiro atoms. The van der Waals surface area contributed by atoms with Gasteiger partial charge in [0.1, 0.15) is 0 Å². The Kier molecular flexibility index (Phi) is 5.25. The van der Waals surface area contributed by atoms with Crippen molar-refractivity contribution in [3.63, 3.8) is 0 Å². The lowest BCUT2D eigenvalue weighted by Crippen LogP contribution is -2.51. The summed E-state index contributed by atoms with van der Waals surface area (Å²) in [5.41, 5.74) is 1.17. The predicted molar refractivity (Wildman–Crippen MR) is 94.8 cm³/mol. The van der Waals surface area contributed by atoms with Gasteiger partial charge in [0.2, 0.25) is 5.91 Å². The number of likely N-dealkylation sites (tertiary alicyclic amines) is 1. The number of hydrogen-bond donors (Lipinski definition) is 1. The molecule has 2 aliphatic heterocycles. The molecular weight excluding hydrogens is 302 g/mol. The Bertz CT molecular complexity index is 572. The summed E-state index contributed by atoms with van der Waals surface area (Å²) in [4.78, 5) is 17.7. The van der Waals surface area contributed by atoms with Gasteiger partial charge in [-0.05, 0) is 31.9 Å². The highest BCUT2D eigenvalue weighted by Crippen LogP contribution is 2.31. The Balaban J connectivity index is 1.66. The quantitative estimate of drug-likeness (QED) is 0.895. The molecule has 4 atom stereocenters. The summed E-state index contributed by atoms with van der Waals surface area (Å²) in [7, 11) is 3.93. The van der Waals surface area contributed by atoms with Gasteiger partial charge in [-0.3, -0.25) is 9.48 Å². The first kappa shape index (κ1) is 17.4. The van der Waals surface area contributed by atoms with Crippen LogP contribution in [0.3, 0.4) is 0 Å². The van der Waals surface area contributed by atoms with E-state index in [1.54, 1.807) is 0 Å². The van der Waals surface area contributed by atoms with Crippen molar-refractivity contribution >= 4 is 5.91 Å². The Morgan fingerprint density at radius 2 is 2.25 bits per heavy atom. The summed E-state index contributed by atoms with van der Waals surface area (Å²) in [5.74, 6) is 0.552. The van der Waals surface area contributed by atoms with Crippen LogP contribution in [-0.2, 0) is 11.8 Å². The van der Waals surface area contributed by atoms with Crippen molar-refractivity contribution < 1.29 is 4.79 Å². The topological polar surface area (TPSA) is 53.4 Å². The Labute approximate surface area is 145 Å². The minimum atomic E-state index is 0.0266. The number of nitrogens with zero attached hydrogens (tertiary/aromatic N) is 4. The minimum Gasteiger partial charge on any atom is -0.342 e. The molecule has 2 aliphatic rings. The van der Waals surface area contributed by atoms with Crippen molar-refractivity contribution in [2.75, 3.05) is 33.2 Å². The van der Waals surface area contributed by atoms with Crippen molar-refractivity contribution in [2.45, 2.75) is 44.7 Å². The smallest absolute Gasteiger partial charge is 0.227 e. The molecule has 0 saturated carbocycles. The molecule has 2 fully saturated rings. The summed E-state index contributed by atoms with van der Waals surface area (Å²) in [6.45, 7) is 8.32. The van der Waals surface area contributed by atoms with Gasteiger partial charge in [-0.2, -0.15) is 5.10 Å². The normalized spacial score (nSPS) is 31.3. The van der Waals surface area contributed by atoms with Crippen molar-refractivity contribution in [1.82, 2.24) is 24.9 Å². The summed E-state index contributed by atoms with van der Waals surface area (Å²) in [5, 5.41) is 7.68. The van der Waals surface area contributed by atoms with Gasteiger partial charge in [0.05, 0.1) is 12.1 Å². The van der Waals surface area contributed by atoms with Gasteiger partial charge in [-0.25, -0.2) is 0 Å². The van der Waals surface area contributed by atoms with Gasteiger partial charge in [-0.1, -0.05) is 6.92 Å². The number of amides is 1. The molecule has 3 rings (SSSR count). The third-order valence-corrected chi connectivity index (χ3v) is 5.97. The van der Waals surface area contributed by atoms with Crippen LogP contribution in [0.1, 0.15) is 38.2 Å². The van der Waals surface area contributed by atoms with Crippen LogP contribution in [0.25, 0.3) is 0 Å². The number of rotatable bonds is 4. The van der Waals surface area contributed by atoms with Crippen LogP contribution in [0.15, 0.2) is 12.4 Å². The van der Waals surface area contributed by atoms with Crippen LogP contribution in [0.2, 0.25) is 0 Å². The number of hydrogen-bond acceptors (Lipinski definition) is 4. The molecule has 1 amide bonds. The van der Waals surface area contributed by atoms with Crippen molar-refractivity contribution in [2.24, 2.45) is 13.0 Å². The van der Waals surface area contributed by atoms with E-state index in [4.69, 9.17) is 0 Å². The molecule has 0 radical (unpaired) electrons. The molecule has 2 unspecified atom stereocenters. The van der Waals surface area contributed by atoms with E-state index in [9.17, 15) is 4.79 Å². The molecule has 1 aromatic heterocycles. The standard InChI is InChI=1S/C18H31N5O/c1-5-23-7-6-15(8-13(23)2)22(4)18(24)17-11-19-10-16(17)14-9-20-21(3)12-14/h9,12-13,15-17,19H,5-8,10-11H2,1-4H3/t13?,15?,16-,17+/m1/s1. The fraction of sp³-hybridized carbons (Fsp3) is 0.778. The van der Waals surface area contributed by atoms with Gasteiger partial charge >= 0.3 is 0 Å². The Morgan fingerprint density at radius 3 is 2.88 bits per heavy atom. The van der Waals surface area contributed by atoms with Gasteiger partial charge in [0, 0.05) is 57.9 Å². The molecule has 2 saturated heterocycles. The van der Waals surface area contributed by atoms with Crippen LogP contribution < -0.4 is 5.32 Å². The van der Waals surface area contributed by atoms with E-state index in [0.717, 1.165) is 39.0 Å². The highest BCUT2D eigenvalue weighted by molar-refractivity contribution is 5.80. The van der Waals surface area contributed by atoms with E-state index < -0.39 is 0 Å². The second-order valence-corrected chi connectivity index (χ2v) is 7.42. The molecule has 1 aromatic rings. The molecule has 0 bridgehead atoms. The Hall–Kier alpha value is -1.40. The van der Waals surface area contributed by atoms with Crippen LogP contribution in [-0.4, -0.2) is 70.8 Å². The van der Waals surface area contributed by atoms with Crippen molar-refractivity contribution in [3.05, 3.63) is 18.0 Å². The molecule has 1 N–H and O–H groups in total. The Morgan fingerprint density at radius 1 is 1.46 bits per heavy atom. The SMILES string of the molecule is CCN1CCC(N(C)C(=O)[C@H]2CNC[C@@H]2c2cnn(C)c2)CC1C. The van der Waals surface area contributed by atoms with Crippen molar-refractivity contribution in [3.8, 4) is 0 Å². The fourth-order valence-corrected chi connectivity index (χ4v) is 4.38.